The second kappa shape index (κ2) is 6.94. The van der Waals surface area contributed by atoms with Crippen molar-refractivity contribution in [2.24, 2.45) is 0 Å². The fourth-order valence-corrected chi connectivity index (χ4v) is 4.77. The molecule has 0 aliphatic rings. The van der Waals surface area contributed by atoms with E-state index >= 15 is 0 Å². The summed E-state index contributed by atoms with van der Waals surface area (Å²) in [6, 6.07) is 13.9. The average molecular weight is 496 g/mol. The Morgan fingerprint density at radius 1 is 1.11 bits per heavy atom. The predicted molar refractivity (Wildman–Crippen MR) is 93.8 cm³/mol. The van der Waals surface area contributed by atoms with Crippen LogP contribution in [-0.2, 0) is 4.74 Å². The van der Waals surface area contributed by atoms with Crippen molar-refractivity contribution in [3.8, 4) is 0 Å². The average Bonchev–Trinajstić information content (AvgIpc) is 2.43. The number of esters is 1. The van der Waals surface area contributed by atoms with Gasteiger partial charge in [0.2, 0.25) is 0 Å². The van der Waals surface area contributed by atoms with Crippen LogP contribution in [0, 0.1) is 7.14 Å². The third-order valence-corrected chi connectivity index (χ3v) is 5.97. The number of ether oxygens (including phenoxy) is 1. The van der Waals surface area contributed by atoms with Crippen LogP contribution in [0.1, 0.15) is 10.4 Å². The standard InChI is InChI=1S/C14H10I2O2S/c1-18-14(17)9-7-11(15)13(12(16)8-9)19-10-5-3-2-4-6-10/h2-8H,1H3. The van der Waals surface area contributed by atoms with Crippen LogP contribution in [0.15, 0.2) is 52.3 Å². The van der Waals surface area contributed by atoms with E-state index in [0.717, 1.165) is 7.14 Å². The van der Waals surface area contributed by atoms with Crippen LogP contribution in [0.25, 0.3) is 0 Å². The number of carbonyl (C=O) groups is 1. The molecule has 0 bridgehead atoms. The highest BCUT2D eigenvalue weighted by molar-refractivity contribution is 14.1. The first kappa shape index (κ1) is 15.1. The predicted octanol–water partition coefficient (Wildman–Crippen LogP) is 4.83. The minimum absolute atomic E-state index is 0.299. The van der Waals surface area contributed by atoms with Crippen LogP contribution >= 0.6 is 56.9 Å². The Labute approximate surface area is 143 Å². The molecule has 19 heavy (non-hydrogen) atoms. The minimum Gasteiger partial charge on any atom is -0.465 e. The first-order valence-corrected chi connectivity index (χ1v) is 8.39. The van der Waals surface area contributed by atoms with Crippen LogP contribution in [0.3, 0.4) is 0 Å². The largest absolute Gasteiger partial charge is 0.465 e. The molecule has 98 valence electrons. The SMILES string of the molecule is COC(=O)c1cc(I)c(Sc2ccccc2)c(I)c1. The number of halogens is 2. The quantitative estimate of drug-likeness (QED) is 0.450. The molecule has 0 amide bonds. The lowest BCUT2D eigenvalue weighted by Crippen LogP contribution is -2.03. The summed E-state index contributed by atoms with van der Waals surface area (Å²) in [6.45, 7) is 0. The van der Waals surface area contributed by atoms with Crippen molar-refractivity contribution >= 4 is 62.9 Å². The fourth-order valence-electron chi connectivity index (χ4n) is 1.50. The maximum absolute atomic E-state index is 11.6. The second-order valence-corrected chi connectivity index (χ2v) is 7.08. The third-order valence-electron chi connectivity index (χ3n) is 2.38. The van der Waals surface area contributed by atoms with Gasteiger partial charge in [0.05, 0.1) is 12.7 Å². The Morgan fingerprint density at radius 2 is 1.68 bits per heavy atom. The van der Waals surface area contributed by atoms with Gasteiger partial charge >= 0.3 is 5.97 Å². The highest BCUT2D eigenvalue weighted by Crippen LogP contribution is 2.35. The summed E-state index contributed by atoms with van der Waals surface area (Å²) in [6.07, 6.45) is 0. The van der Waals surface area contributed by atoms with Gasteiger partial charge in [0.15, 0.2) is 0 Å². The second-order valence-electron chi connectivity index (χ2n) is 3.68. The van der Waals surface area contributed by atoms with Gasteiger partial charge in [-0.25, -0.2) is 4.79 Å². The molecule has 0 spiro atoms. The first-order chi connectivity index (χ1) is 9.11. The fraction of sp³-hybridized carbons (Fsp3) is 0.0714. The summed E-state index contributed by atoms with van der Waals surface area (Å²) in [4.78, 5) is 13.9. The Morgan fingerprint density at radius 3 is 2.21 bits per heavy atom. The smallest absolute Gasteiger partial charge is 0.337 e. The highest BCUT2D eigenvalue weighted by Gasteiger charge is 2.13. The first-order valence-electron chi connectivity index (χ1n) is 5.42. The van der Waals surface area contributed by atoms with E-state index in [-0.39, 0.29) is 5.97 Å². The van der Waals surface area contributed by atoms with Crippen molar-refractivity contribution < 1.29 is 9.53 Å². The molecular formula is C14H10I2O2S. The van der Waals surface area contributed by atoms with Crippen LogP contribution in [0.5, 0.6) is 0 Å². The van der Waals surface area contributed by atoms with Crippen molar-refractivity contribution in [3.63, 3.8) is 0 Å². The van der Waals surface area contributed by atoms with Gasteiger partial charge in [0, 0.05) is 16.9 Å². The van der Waals surface area contributed by atoms with E-state index in [9.17, 15) is 4.79 Å². The van der Waals surface area contributed by atoms with Gasteiger partial charge in [-0.15, -0.1) is 0 Å². The van der Waals surface area contributed by atoms with Crippen molar-refractivity contribution in [2.45, 2.75) is 9.79 Å². The van der Waals surface area contributed by atoms with Gasteiger partial charge in [-0.3, -0.25) is 0 Å². The van der Waals surface area contributed by atoms with Crippen molar-refractivity contribution in [2.75, 3.05) is 7.11 Å². The van der Waals surface area contributed by atoms with Gasteiger partial charge in [-0.2, -0.15) is 0 Å². The Balaban J connectivity index is 2.35. The summed E-state index contributed by atoms with van der Waals surface area (Å²) in [5.74, 6) is -0.299. The highest BCUT2D eigenvalue weighted by atomic mass is 127. The van der Waals surface area contributed by atoms with Crippen LogP contribution < -0.4 is 0 Å². The number of benzene rings is 2. The summed E-state index contributed by atoms with van der Waals surface area (Å²) < 4.78 is 6.86. The van der Waals surface area contributed by atoms with Crippen LogP contribution in [-0.4, -0.2) is 13.1 Å². The molecule has 0 aromatic heterocycles. The summed E-state index contributed by atoms with van der Waals surface area (Å²) in [5, 5.41) is 0. The zero-order valence-electron chi connectivity index (χ0n) is 10.0. The molecule has 0 radical (unpaired) electrons. The molecule has 0 unspecified atom stereocenters. The zero-order valence-corrected chi connectivity index (χ0v) is 15.2. The molecule has 0 heterocycles. The van der Waals surface area contributed by atoms with Crippen LogP contribution in [0.2, 0.25) is 0 Å². The molecule has 0 aliphatic carbocycles. The van der Waals surface area contributed by atoms with E-state index in [0.29, 0.717) is 5.56 Å². The topological polar surface area (TPSA) is 26.3 Å². The molecular weight excluding hydrogens is 486 g/mol. The lowest BCUT2D eigenvalue weighted by molar-refractivity contribution is 0.0600. The molecule has 0 fully saturated rings. The minimum atomic E-state index is -0.299. The maximum atomic E-state index is 11.6. The van der Waals surface area contributed by atoms with Gasteiger partial charge in [-0.05, 0) is 69.4 Å². The van der Waals surface area contributed by atoms with Gasteiger partial charge in [0.1, 0.15) is 0 Å². The third kappa shape index (κ3) is 3.85. The van der Waals surface area contributed by atoms with Gasteiger partial charge in [0.25, 0.3) is 0 Å². The van der Waals surface area contributed by atoms with Crippen molar-refractivity contribution in [3.05, 3.63) is 55.2 Å². The monoisotopic (exact) mass is 496 g/mol. The van der Waals surface area contributed by atoms with Crippen molar-refractivity contribution in [1.29, 1.82) is 0 Å². The molecule has 5 heteroatoms. The molecule has 2 aromatic rings. The summed E-state index contributed by atoms with van der Waals surface area (Å²) in [7, 11) is 1.40. The molecule has 0 saturated heterocycles. The molecule has 0 saturated carbocycles. The van der Waals surface area contributed by atoms with E-state index in [4.69, 9.17) is 4.74 Å². The number of carbonyl (C=O) groups excluding carboxylic acids is 1. The van der Waals surface area contributed by atoms with E-state index in [2.05, 4.69) is 57.3 Å². The van der Waals surface area contributed by atoms with Gasteiger partial charge in [-0.1, -0.05) is 30.0 Å². The summed E-state index contributed by atoms with van der Waals surface area (Å²) in [5.41, 5.74) is 0.591. The summed E-state index contributed by atoms with van der Waals surface area (Å²) >= 11 is 6.21. The van der Waals surface area contributed by atoms with E-state index in [1.165, 1.54) is 16.9 Å². The Bertz CT molecular complexity index is 577. The zero-order chi connectivity index (χ0) is 13.8. The Kier molecular flexibility index (Phi) is 5.52. The van der Waals surface area contributed by atoms with Crippen molar-refractivity contribution in [1.82, 2.24) is 0 Å². The molecule has 0 N–H and O–H groups in total. The number of hydrogen-bond donors (Lipinski definition) is 0. The van der Waals surface area contributed by atoms with E-state index < -0.39 is 0 Å². The number of rotatable bonds is 3. The van der Waals surface area contributed by atoms with Crippen LogP contribution in [0.4, 0.5) is 0 Å². The Hall–Kier alpha value is -0.280. The molecule has 2 rings (SSSR count). The maximum Gasteiger partial charge on any atom is 0.337 e. The lowest BCUT2D eigenvalue weighted by atomic mass is 10.2. The normalized spacial score (nSPS) is 10.3. The molecule has 0 aliphatic heterocycles. The molecule has 0 atom stereocenters. The van der Waals surface area contributed by atoms with E-state index in [1.807, 2.05) is 30.3 Å². The molecule has 2 aromatic carbocycles. The van der Waals surface area contributed by atoms with Gasteiger partial charge < -0.3 is 4.74 Å². The lowest BCUT2D eigenvalue weighted by Gasteiger charge is -2.09. The molecule has 2 nitrogen and oxygen atoms in total. The number of hydrogen-bond acceptors (Lipinski definition) is 3. The van der Waals surface area contributed by atoms with E-state index in [1.54, 1.807) is 11.8 Å². The number of methoxy groups -OCH3 is 1.